The number of aryl methyl sites for hydroxylation is 1. The van der Waals surface area contributed by atoms with Crippen LogP contribution in [0.25, 0.3) is 33.2 Å². The molecule has 2 heteroatoms. The summed E-state index contributed by atoms with van der Waals surface area (Å²) in [7, 11) is 0. The molecular formula is C23H23NO. The monoisotopic (exact) mass is 334 g/mol. The van der Waals surface area contributed by atoms with Crippen LogP contribution in [0.15, 0.2) is 59.1 Å². The predicted molar refractivity (Wildman–Crippen MR) is 105 cm³/mol. The van der Waals surface area contributed by atoms with Crippen LogP contribution >= 0.6 is 0 Å². The third kappa shape index (κ3) is 2.93. The van der Waals surface area contributed by atoms with Crippen LogP contribution in [0.5, 0.6) is 0 Å². The second kappa shape index (κ2) is 5.73. The van der Waals surface area contributed by atoms with E-state index in [1.165, 1.54) is 0 Å². The van der Waals surface area contributed by atoms with Gasteiger partial charge in [-0.15, -0.1) is 0 Å². The van der Waals surface area contributed by atoms with Crippen LogP contribution < -0.4 is 0 Å². The number of aromatic nitrogens is 1. The van der Waals surface area contributed by atoms with E-state index in [1.54, 1.807) is 30.5 Å². The van der Waals surface area contributed by atoms with E-state index in [1.807, 2.05) is 45.0 Å². The summed E-state index contributed by atoms with van der Waals surface area (Å²) in [6.45, 7) is 3.28. The third-order valence-corrected chi connectivity index (χ3v) is 4.08. The molecule has 0 aliphatic heterocycles. The molecule has 0 unspecified atom stereocenters. The van der Waals surface area contributed by atoms with Gasteiger partial charge in [-0.25, -0.2) is 0 Å². The average molecular weight is 334 g/mol. The van der Waals surface area contributed by atoms with Crippen molar-refractivity contribution in [3.8, 4) is 11.3 Å². The highest BCUT2D eigenvalue weighted by Gasteiger charge is 2.16. The van der Waals surface area contributed by atoms with Crippen molar-refractivity contribution in [1.82, 2.24) is 4.98 Å². The van der Waals surface area contributed by atoms with E-state index in [0.29, 0.717) is 33.4 Å². The molecule has 0 amide bonds. The zero-order valence-electron chi connectivity index (χ0n) is 19.6. The van der Waals surface area contributed by atoms with Crippen molar-refractivity contribution in [1.29, 1.82) is 0 Å². The molecule has 0 saturated carbocycles. The first-order valence-electron chi connectivity index (χ1n) is 10.8. The lowest BCUT2D eigenvalue weighted by Gasteiger charge is -2.18. The molecule has 2 aromatic heterocycles. The Kier molecular flexibility index (Phi) is 2.54. The Morgan fingerprint density at radius 2 is 1.96 bits per heavy atom. The summed E-state index contributed by atoms with van der Waals surface area (Å²) in [6.07, 6.45) is 0.0106. The van der Waals surface area contributed by atoms with Gasteiger partial charge in [0.25, 0.3) is 0 Å². The second-order valence-electron chi connectivity index (χ2n) is 7.27. The highest BCUT2D eigenvalue weighted by molar-refractivity contribution is 6.10. The summed E-state index contributed by atoms with van der Waals surface area (Å²) in [6, 6.07) is 14.1. The Morgan fingerprint density at radius 1 is 1.12 bits per heavy atom. The van der Waals surface area contributed by atoms with Gasteiger partial charge in [-0.2, -0.15) is 0 Å². The number of para-hydroxylation sites is 1. The second-order valence-corrected chi connectivity index (χ2v) is 7.27. The molecule has 4 rings (SSSR count). The summed E-state index contributed by atoms with van der Waals surface area (Å²) < 4.78 is 47.1. The van der Waals surface area contributed by atoms with Crippen LogP contribution in [-0.4, -0.2) is 4.98 Å². The minimum absolute atomic E-state index is 0.229. The average Bonchev–Trinajstić information content (AvgIpc) is 3.05. The summed E-state index contributed by atoms with van der Waals surface area (Å²) in [5, 5.41) is 1.29. The molecule has 0 bridgehead atoms. The lowest BCUT2D eigenvalue weighted by atomic mass is 9.88. The molecule has 0 saturated heterocycles. The molecule has 0 radical (unpaired) electrons. The number of pyridine rings is 1. The number of hydrogen-bond acceptors (Lipinski definition) is 2. The Balaban J connectivity index is 2.01. The van der Waals surface area contributed by atoms with Gasteiger partial charge >= 0.3 is 0 Å². The molecule has 0 N–H and O–H groups in total. The van der Waals surface area contributed by atoms with Crippen molar-refractivity contribution in [2.45, 2.75) is 34.0 Å². The van der Waals surface area contributed by atoms with Gasteiger partial charge in [0.15, 0.2) is 0 Å². The van der Waals surface area contributed by atoms with E-state index < -0.39 is 18.6 Å². The summed E-state index contributed by atoms with van der Waals surface area (Å²) in [5.74, 6) is 0. The summed E-state index contributed by atoms with van der Waals surface area (Å²) in [4.78, 5) is 4.45. The fourth-order valence-corrected chi connectivity index (χ4v) is 3.12. The normalized spacial score (nSPS) is 16.2. The molecule has 2 nitrogen and oxygen atoms in total. The highest BCUT2D eigenvalue weighted by atomic mass is 16.3. The van der Waals surface area contributed by atoms with E-state index in [-0.39, 0.29) is 5.56 Å². The number of nitrogens with zero attached hydrogens (tertiary/aromatic N) is 1. The maximum absolute atomic E-state index is 8.59. The molecule has 4 aromatic rings. The van der Waals surface area contributed by atoms with E-state index >= 15 is 0 Å². The zero-order valence-corrected chi connectivity index (χ0v) is 14.6. The van der Waals surface area contributed by atoms with Crippen molar-refractivity contribution in [3.63, 3.8) is 0 Å². The highest BCUT2D eigenvalue weighted by Crippen LogP contribution is 2.37. The summed E-state index contributed by atoms with van der Waals surface area (Å²) >= 11 is 0. The number of hydrogen-bond donors (Lipinski definition) is 0. The first kappa shape index (κ1) is 11.1. The minimum Gasteiger partial charge on any atom is -0.455 e. The third-order valence-electron chi connectivity index (χ3n) is 4.08. The minimum atomic E-state index is -2.29. The molecule has 25 heavy (non-hydrogen) atoms. The Hall–Kier alpha value is -2.61. The van der Waals surface area contributed by atoms with Crippen molar-refractivity contribution < 1.29 is 11.3 Å². The van der Waals surface area contributed by atoms with Crippen LogP contribution in [0.2, 0.25) is 0 Å². The van der Waals surface area contributed by atoms with Crippen LogP contribution in [0.3, 0.4) is 0 Å². The number of furan rings is 1. The lowest BCUT2D eigenvalue weighted by Crippen LogP contribution is -2.09. The molecule has 0 fully saturated rings. The topological polar surface area (TPSA) is 26.0 Å². The van der Waals surface area contributed by atoms with Crippen molar-refractivity contribution >= 4 is 21.9 Å². The van der Waals surface area contributed by atoms with E-state index in [0.717, 1.165) is 5.39 Å². The quantitative estimate of drug-likeness (QED) is 0.415. The number of rotatable bonds is 2. The van der Waals surface area contributed by atoms with Crippen molar-refractivity contribution in [3.05, 3.63) is 65.9 Å². The molecule has 126 valence electrons. The molecule has 0 aliphatic carbocycles. The van der Waals surface area contributed by atoms with Gasteiger partial charge in [0.2, 0.25) is 0 Å². The Bertz CT molecular complexity index is 1250. The van der Waals surface area contributed by atoms with Crippen LogP contribution in [0, 0.1) is 12.3 Å². The molecule has 0 atom stereocenters. The summed E-state index contributed by atoms with van der Waals surface area (Å²) in [5.41, 5.74) is 2.38. The van der Waals surface area contributed by atoms with E-state index in [9.17, 15) is 0 Å². The Morgan fingerprint density at radius 3 is 2.76 bits per heavy atom. The molecule has 2 heterocycles. The van der Waals surface area contributed by atoms with Gasteiger partial charge < -0.3 is 4.42 Å². The van der Waals surface area contributed by atoms with Gasteiger partial charge in [0.1, 0.15) is 11.2 Å². The van der Waals surface area contributed by atoms with Crippen molar-refractivity contribution in [2.24, 2.45) is 5.41 Å². The van der Waals surface area contributed by atoms with Gasteiger partial charge in [-0.3, -0.25) is 4.98 Å². The smallest absolute Gasteiger partial charge is 0.145 e. The standard InChI is InChI=1S/C23H23NO/c1-15-9-10-17(19-13-16(11-12-24-19)14-23(2,3)4)22-21(15)18-7-5-6-8-20(18)25-22/h5-13H,14H2,1-4H3/i1D3,14D2. The molecule has 0 spiro atoms. The number of fused-ring (bicyclic) bond motifs is 3. The van der Waals surface area contributed by atoms with Crippen LogP contribution in [0.4, 0.5) is 0 Å². The van der Waals surface area contributed by atoms with Gasteiger partial charge in [0.05, 0.1) is 5.69 Å². The van der Waals surface area contributed by atoms with Gasteiger partial charge in [-0.05, 0) is 54.0 Å². The van der Waals surface area contributed by atoms with Gasteiger partial charge in [-0.1, -0.05) is 45.0 Å². The predicted octanol–water partition coefficient (Wildman–Crippen LogP) is 6.55. The fraction of sp³-hybridized carbons (Fsp3) is 0.261. The first-order valence-corrected chi connectivity index (χ1v) is 8.33. The molecule has 2 aromatic carbocycles. The van der Waals surface area contributed by atoms with E-state index in [4.69, 9.17) is 11.3 Å². The van der Waals surface area contributed by atoms with Crippen LogP contribution in [0.1, 0.15) is 38.8 Å². The van der Waals surface area contributed by atoms with Gasteiger partial charge in [0, 0.05) is 29.4 Å². The molecular weight excluding hydrogens is 306 g/mol. The Labute approximate surface area is 155 Å². The maximum Gasteiger partial charge on any atom is 0.145 e. The largest absolute Gasteiger partial charge is 0.455 e. The first-order chi connectivity index (χ1) is 13.9. The van der Waals surface area contributed by atoms with E-state index in [2.05, 4.69) is 4.98 Å². The zero-order chi connectivity index (χ0) is 21.9. The van der Waals surface area contributed by atoms with Crippen LogP contribution in [-0.2, 0) is 6.37 Å². The van der Waals surface area contributed by atoms with Crippen molar-refractivity contribution in [2.75, 3.05) is 0 Å². The number of benzene rings is 2. The lowest BCUT2D eigenvalue weighted by molar-refractivity contribution is 0.411. The SMILES string of the molecule is [2H]C([2H])([2H])c1ccc(-c2cc(C([2H])([2H])C(C)(C)C)ccn2)c2oc3ccccc3c12. The fourth-order valence-electron chi connectivity index (χ4n) is 3.12. The molecule has 0 aliphatic rings. The maximum atomic E-state index is 8.59.